The first-order valence-corrected chi connectivity index (χ1v) is 11.3. The maximum absolute atomic E-state index is 14.5. The van der Waals surface area contributed by atoms with Gasteiger partial charge in [0.25, 0.3) is 5.91 Å². The highest BCUT2D eigenvalue weighted by Crippen LogP contribution is 2.32. The average molecular weight is 446 g/mol. The molecule has 0 atom stereocenters. The van der Waals surface area contributed by atoms with Gasteiger partial charge < -0.3 is 0 Å². The molecule has 0 radical (unpaired) electrons. The quantitative estimate of drug-likeness (QED) is 0.410. The number of unbranched alkanes of at least 4 members (excludes halogenated alkanes) is 1. The van der Waals surface area contributed by atoms with Gasteiger partial charge in [-0.2, -0.15) is 0 Å². The molecule has 4 nitrogen and oxygen atoms in total. The third-order valence-corrected chi connectivity index (χ3v) is 6.39. The molecule has 30 heavy (non-hydrogen) atoms. The number of carbonyl (C=O) groups is 1. The standard InChI is InChI=1S/C23H25ClFN3OS/c1-5-7-11-28(22(29)18-9-8-10-19(24)20(18)25)23-27-26-21(30-23)16-12-14(3)17(6-2)15(4)13-16/h8-10,12-13H,5-7,11H2,1-4H3. The number of aromatic nitrogens is 2. The molecule has 0 aliphatic heterocycles. The maximum atomic E-state index is 14.5. The molecule has 1 heterocycles. The van der Waals surface area contributed by atoms with Gasteiger partial charge in [-0.25, -0.2) is 4.39 Å². The Balaban J connectivity index is 1.98. The van der Waals surface area contributed by atoms with Crippen LogP contribution >= 0.6 is 22.9 Å². The average Bonchev–Trinajstić information content (AvgIpc) is 3.20. The van der Waals surface area contributed by atoms with Gasteiger partial charge in [-0.1, -0.05) is 49.3 Å². The van der Waals surface area contributed by atoms with Gasteiger partial charge in [-0.15, -0.1) is 10.2 Å². The van der Waals surface area contributed by atoms with Crippen molar-refractivity contribution in [3.8, 4) is 10.6 Å². The van der Waals surface area contributed by atoms with E-state index < -0.39 is 11.7 Å². The summed E-state index contributed by atoms with van der Waals surface area (Å²) < 4.78 is 14.5. The second-order valence-corrected chi connectivity index (χ2v) is 8.61. The summed E-state index contributed by atoms with van der Waals surface area (Å²) >= 11 is 7.22. The summed E-state index contributed by atoms with van der Waals surface area (Å²) in [5.41, 5.74) is 4.67. The zero-order valence-electron chi connectivity index (χ0n) is 17.6. The highest BCUT2D eigenvalue weighted by molar-refractivity contribution is 7.18. The first-order chi connectivity index (χ1) is 14.4. The lowest BCUT2D eigenvalue weighted by Crippen LogP contribution is -2.32. The molecule has 3 aromatic rings. The molecule has 7 heteroatoms. The lowest BCUT2D eigenvalue weighted by molar-refractivity contribution is 0.0982. The van der Waals surface area contributed by atoms with E-state index in [4.69, 9.17) is 11.6 Å². The number of rotatable bonds is 7. The summed E-state index contributed by atoms with van der Waals surface area (Å²) in [5, 5.41) is 9.71. The highest BCUT2D eigenvalue weighted by atomic mass is 35.5. The van der Waals surface area contributed by atoms with Crippen molar-refractivity contribution in [2.24, 2.45) is 0 Å². The van der Waals surface area contributed by atoms with Crippen LogP contribution in [0.25, 0.3) is 10.6 Å². The number of nitrogens with zero attached hydrogens (tertiary/aromatic N) is 3. The van der Waals surface area contributed by atoms with Crippen molar-refractivity contribution >= 4 is 34.0 Å². The summed E-state index contributed by atoms with van der Waals surface area (Å²) in [6.07, 6.45) is 2.64. The van der Waals surface area contributed by atoms with Gasteiger partial charge in [0, 0.05) is 12.1 Å². The Kier molecular flexibility index (Phi) is 7.21. The molecule has 0 bridgehead atoms. The molecular formula is C23H25ClFN3OS. The minimum absolute atomic E-state index is 0.0608. The fraction of sp³-hybridized carbons (Fsp3) is 0.348. The van der Waals surface area contributed by atoms with Crippen LogP contribution in [-0.4, -0.2) is 22.6 Å². The van der Waals surface area contributed by atoms with Crippen molar-refractivity contribution in [2.45, 2.75) is 47.0 Å². The molecular weight excluding hydrogens is 421 g/mol. The van der Waals surface area contributed by atoms with Crippen molar-refractivity contribution in [1.82, 2.24) is 10.2 Å². The summed E-state index contributed by atoms with van der Waals surface area (Å²) in [7, 11) is 0. The van der Waals surface area contributed by atoms with Gasteiger partial charge in [-0.3, -0.25) is 9.69 Å². The van der Waals surface area contributed by atoms with Crippen LogP contribution in [0, 0.1) is 19.7 Å². The summed E-state index contributed by atoms with van der Waals surface area (Å²) in [4.78, 5) is 14.6. The van der Waals surface area contributed by atoms with E-state index in [1.54, 1.807) is 6.07 Å². The SMILES string of the molecule is CCCCN(C(=O)c1cccc(Cl)c1F)c1nnc(-c2cc(C)c(CC)c(C)c2)s1. The second kappa shape index (κ2) is 9.67. The fourth-order valence-corrected chi connectivity index (χ4v) is 4.56. The number of hydrogen-bond acceptors (Lipinski definition) is 4. The van der Waals surface area contributed by atoms with E-state index in [1.807, 2.05) is 6.92 Å². The topological polar surface area (TPSA) is 46.1 Å². The molecule has 1 aromatic heterocycles. The van der Waals surface area contributed by atoms with E-state index in [9.17, 15) is 9.18 Å². The Labute approximate surface area is 185 Å². The Hall–Kier alpha value is -2.31. The molecule has 0 aliphatic rings. The molecule has 0 saturated carbocycles. The Morgan fingerprint density at radius 2 is 1.87 bits per heavy atom. The lowest BCUT2D eigenvalue weighted by atomic mass is 9.98. The Bertz CT molecular complexity index is 1040. The van der Waals surface area contributed by atoms with Gasteiger partial charge in [0.05, 0.1) is 10.6 Å². The number of carbonyl (C=O) groups excluding carboxylic acids is 1. The zero-order chi connectivity index (χ0) is 21.8. The summed E-state index contributed by atoms with van der Waals surface area (Å²) in [6, 6.07) is 8.65. The number of anilines is 1. The third-order valence-electron chi connectivity index (χ3n) is 5.10. The minimum atomic E-state index is -0.711. The lowest BCUT2D eigenvalue weighted by Gasteiger charge is -2.19. The number of halogens is 2. The first kappa shape index (κ1) is 22.4. The van der Waals surface area contributed by atoms with E-state index >= 15 is 0 Å². The number of amides is 1. The maximum Gasteiger partial charge on any atom is 0.263 e. The number of hydrogen-bond donors (Lipinski definition) is 0. The molecule has 158 valence electrons. The smallest absolute Gasteiger partial charge is 0.263 e. The molecule has 0 N–H and O–H groups in total. The van der Waals surface area contributed by atoms with E-state index in [0.717, 1.165) is 29.8 Å². The highest BCUT2D eigenvalue weighted by Gasteiger charge is 2.25. The van der Waals surface area contributed by atoms with Gasteiger partial charge in [0.1, 0.15) is 5.01 Å². The van der Waals surface area contributed by atoms with Crippen LogP contribution in [0.4, 0.5) is 9.52 Å². The van der Waals surface area contributed by atoms with Crippen molar-refractivity contribution in [3.05, 3.63) is 63.4 Å². The van der Waals surface area contributed by atoms with E-state index in [1.165, 1.54) is 45.1 Å². The van der Waals surface area contributed by atoms with Crippen molar-refractivity contribution < 1.29 is 9.18 Å². The monoisotopic (exact) mass is 445 g/mol. The van der Waals surface area contributed by atoms with Crippen LogP contribution in [0.2, 0.25) is 5.02 Å². The van der Waals surface area contributed by atoms with Crippen LogP contribution in [0.15, 0.2) is 30.3 Å². The second-order valence-electron chi connectivity index (χ2n) is 7.24. The third kappa shape index (κ3) is 4.55. The van der Waals surface area contributed by atoms with E-state index in [0.29, 0.717) is 11.7 Å². The summed E-state index contributed by atoms with van der Waals surface area (Å²) in [6.45, 7) is 8.80. The van der Waals surface area contributed by atoms with Gasteiger partial charge in [-0.05, 0) is 67.6 Å². The van der Waals surface area contributed by atoms with Crippen LogP contribution < -0.4 is 4.90 Å². The van der Waals surface area contributed by atoms with Crippen molar-refractivity contribution in [3.63, 3.8) is 0 Å². The molecule has 2 aromatic carbocycles. The van der Waals surface area contributed by atoms with Crippen LogP contribution in [-0.2, 0) is 6.42 Å². The fourth-order valence-electron chi connectivity index (χ4n) is 3.53. The van der Waals surface area contributed by atoms with Crippen LogP contribution in [0.5, 0.6) is 0 Å². The van der Waals surface area contributed by atoms with Gasteiger partial charge >= 0.3 is 0 Å². The predicted octanol–water partition coefficient (Wildman–Crippen LogP) is 6.62. The number of aryl methyl sites for hydroxylation is 2. The van der Waals surface area contributed by atoms with Crippen LogP contribution in [0.3, 0.4) is 0 Å². The molecule has 3 rings (SSSR count). The van der Waals surface area contributed by atoms with Crippen LogP contribution in [0.1, 0.15) is 53.7 Å². The normalized spacial score (nSPS) is 11.0. The van der Waals surface area contributed by atoms with Gasteiger partial charge in [0.15, 0.2) is 5.82 Å². The Morgan fingerprint density at radius 1 is 1.17 bits per heavy atom. The van der Waals surface area contributed by atoms with E-state index in [-0.39, 0.29) is 10.6 Å². The Morgan fingerprint density at radius 3 is 2.50 bits per heavy atom. The largest absolute Gasteiger partial charge is 0.282 e. The van der Waals surface area contributed by atoms with Crippen molar-refractivity contribution in [2.75, 3.05) is 11.4 Å². The zero-order valence-corrected chi connectivity index (χ0v) is 19.2. The predicted molar refractivity (Wildman–Crippen MR) is 122 cm³/mol. The van der Waals surface area contributed by atoms with E-state index in [2.05, 4.69) is 43.1 Å². The molecule has 1 amide bonds. The molecule has 0 spiro atoms. The molecule has 0 saturated heterocycles. The molecule has 0 fully saturated rings. The molecule has 0 aliphatic carbocycles. The molecule has 0 unspecified atom stereocenters. The van der Waals surface area contributed by atoms with Crippen molar-refractivity contribution in [1.29, 1.82) is 0 Å². The number of benzene rings is 2. The first-order valence-electron chi connectivity index (χ1n) is 10.1. The van der Waals surface area contributed by atoms with Gasteiger partial charge in [0.2, 0.25) is 5.13 Å². The minimum Gasteiger partial charge on any atom is -0.282 e. The summed E-state index contributed by atoms with van der Waals surface area (Å²) in [5.74, 6) is -1.17.